The molecule has 9 saturated heterocycles. The van der Waals surface area contributed by atoms with Crippen molar-refractivity contribution in [3.63, 3.8) is 0 Å². The molecule has 14 aliphatic rings. The number of thioether (sulfide) groups is 2. The zero-order valence-electron chi connectivity index (χ0n) is 73.7. The number of nitrogens with two attached hydrogens (primary N) is 1. The van der Waals surface area contributed by atoms with Crippen molar-refractivity contribution >= 4 is 123 Å². The second-order valence-electron chi connectivity index (χ2n) is 36.2. The van der Waals surface area contributed by atoms with Gasteiger partial charge in [0.1, 0.15) is 77.7 Å². The van der Waals surface area contributed by atoms with Crippen LogP contribution in [0.1, 0.15) is 113 Å². The minimum Gasteiger partial charge on any atom is -0.481 e. The summed E-state index contributed by atoms with van der Waals surface area (Å²) in [4.78, 5) is 94.5. The lowest BCUT2D eigenvalue weighted by atomic mass is 9.86. The first-order chi connectivity index (χ1) is 58.8. The maximum Gasteiger partial charge on any atom is 0.373 e. The van der Waals surface area contributed by atoms with Crippen molar-refractivity contribution in [3.8, 4) is 10.6 Å². The van der Waals surface area contributed by atoms with Crippen LogP contribution in [0.25, 0.3) is 20.8 Å². The predicted molar refractivity (Wildman–Crippen MR) is 470 cm³/mol. The summed E-state index contributed by atoms with van der Waals surface area (Å²) >= 11 is 6.91. The monoisotopic (exact) mass is 1900 g/mol. The van der Waals surface area contributed by atoms with E-state index < -0.39 is 61.0 Å². The minimum absolute atomic E-state index is 0.0608. The SMILES string of the molecule is CB(O)N[C@@H]1C[C@H](C(=O)N2CCOCC2)[C@H]2OC(C)(C)O[C@H]21.CB(O)N[C@@H]1C[C@H](C(=O)O)[C@H]2OC(C)(C)O[C@H]21.CC1(C)O[C@@H]2[C@H](O1)[C@@H](C(=O)N1CCOCC1)C[C@H]2N.CSc1nc(C)c(-c2nc3ccccc3s2)c(N[C@@H]2C[C@H](C(=O)N3CCOCC3)[C@H]3OC(C)(C)O[C@H]32)n1.CSc1nc(C)c(I)c(N[C@@H]2C[C@H](C(=O)N3CCOCC3)[C@H]3OC(C)(C)O[C@H]32)n1. The van der Waals surface area contributed by atoms with E-state index in [1.165, 1.54) is 23.5 Å². The van der Waals surface area contributed by atoms with E-state index in [9.17, 15) is 34.0 Å². The lowest BCUT2D eigenvalue weighted by molar-refractivity contribution is -0.167. The fourth-order valence-corrected chi connectivity index (χ4v) is 21.8. The topological polar surface area (TPSA) is 427 Å². The number of hydrogen-bond acceptors (Lipinski definition) is 34. The van der Waals surface area contributed by atoms with Gasteiger partial charge in [0.25, 0.3) is 0 Å². The molecule has 0 bridgehead atoms. The number of carboxylic acids is 1. The molecule has 1 aromatic carbocycles. The Morgan fingerprint density at radius 2 is 0.766 bits per heavy atom. The Kier molecular flexibility index (Phi) is 30.4. The third kappa shape index (κ3) is 21.9. The Morgan fingerprint density at radius 3 is 1.15 bits per heavy atom. The molecule has 36 nitrogen and oxygen atoms in total. The highest BCUT2D eigenvalue weighted by molar-refractivity contribution is 14.1. The van der Waals surface area contributed by atoms with Gasteiger partial charge in [-0.2, -0.15) is 0 Å². The van der Waals surface area contributed by atoms with Crippen LogP contribution in [-0.2, 0) is 90.3 Å². The summed E-state index contributed by atoms with van der Waals surface area (Å²) in [5.74, 6) is -4.00. The van der Waals surface area contributed by atoms with Crippen LogP contribution in [0.2, 0.25) is 13.6 Å². The van der Waals surface area contributed by atoms with Crippen LogP contribution in [0.5, 0.6) is 0 Å². The van der Waals surface area contributed by atoms with Gasteiger partial charge in [-0.15, -0.1) is 11.3 Å². The molecule has 5 saturated carbocycles. The average molecular weight is 1900 g/mol. The fourth-order valence-electron chi connectivity index (χ4n) is 19.5. The zero-order chi connectivity index (χ0) is 88.8. The molecular weight excluding hydrogens is 1780 g/mol. The molecule has 0 radical (unpaired) electrons. The Labute approximate surface area is 751 Å². The number of carbonyl (C=O) groups excluding carboxylic acids is 4. The summed E-state index contributed by atoms with van der Waals surface area (Å²) in [5.41, 5.74) is 9.73. The summed E-state index contributed by atoms with van der Waals surface area (Å²) in [6.07, 6.45) is 4.17. The smallest absolute Gasteiger partial charge is 0.373 e. The van der Waals surface area contributed by atoms with E-state index in [1.807, 2.05) is 120 Å². The normalized spacial score (nSPS) is 33.6. The largest absolute Gasteiger partial charge is 0.481 e. The molecule has 20 atom stereocenters. The number of carbonyl (C=O) groups is 5. The van der Waals surface area contributed by atoms with E-state index >= 15 is 0 Å². The maximum absolute atomic E-state index is 13.6. The quantitative estimate of drug-likeness (QED) is 0.0313. The molecule has 5 aliphatic carbocycles. The van der Waals surface area contributed by atoms with Gasteiger partial charge in [-0.1, -0.05) is 35.7 Å². The number of halogens is 1. The number of anilines is 2. The van der Waals surface area contributed by atoms with E-state index in [2.05, 4.69) is 59.7 Å². The molecule has 42 heteroatoms. The average Bonchev–Trinajstić information content (AvgIpc) is 1.61. The first kappa shape index (κ1) is 95.1. The van der Waals surface area contributed by atoms with Crippen LogP contribution in [-0.4, -0.2) is 341 Å². The number of amides is 4. The van der Waals surface area contributed by atoms with E-state index in [-0.39, 0.29) is 132 Å². The Bertz CT molecular complexity index is 4380. The molecule has 9 N–H and O–H groups in total. The summed E-state index contributed by atoms with van der Waals surface area (Å²) in [6, 6.07) is 7.50. The van der Waals surface area contributed by atoms with Crippen LogP contribution in [0.4, 0.5) is 11.6 Å². The number of nitrogens with zero attached hydrogens (tertiary/aromatic N) is 9. The summed E-state index contributed by atoms with van der Waals surface area (Å²) in [6.45, 7) is 35.7. The third-order valence-electron chi connectivity index (χ3n) is 24.7. The highest BCUT2D eigenvalue weighted by atomic mass is 127. The van der Waals surface area contributed by atoms with Crippen LogP contribution in [0, 0.1) is 47.0 Å². The second-order valence-corrected chi connectivity index (χ2v) is 39.8. The van der Waals surface area contributed by atoms with Crippen molar-refractivity contribution in [3.05, 3.63) is 39.2 Å². The van der Waals surface area contributed by atoms with Gasteiger partial charge < -0.3 is 128 Å². The molecular formula is C82H123B2IN14O22S3. The number of aryl methyl sites for hydroxylation is 2. The highest BCUT2D eigenvalue weighted by Gasteiger charge is 2.62. The number of aliphatic carboxylic acids is 1. The number of hydrogen-bond donors (Lipinski definition) is 8. The molecule has 0 unspecified atom stereocenters. The highest BCUT2D eigenvalue weighted by Crippen LogP contribution is 2.50. The van der Waals surface area contributed by atoms with E-state index in [4.69, 9.17) is 92.1 Å². The molecule has 4 aromatic rings. The van der Waals surface area contributed by atoms with Crippen LogP contribution in [0.15, 0.2) is 34.6 Å². The first-order valence-corrected chi connectivity index (χ1v) is 47.6. The number of para-hydroxylation sites is 1. The number of thiazole rings is 1. The summed E-state index contributed by atoms with van der Waals surface area (Å²) in [7, 11) is -1.34. The fraction of sp³-hybridized carbons (Fsp3) is 0.756. The van der Waals surface area contributed by atoms with Gasteiger partial charge in [0.05, 0.1) is 125 Å². The molecule has 14 fully saturated rings. The third-order valence-corrected chi connectivity index (χ3v) is 28.2. The molecule has 3 aromatic heterocycles. The lowest BCUT2D eigenvalue weighted by Crippen LogP contribution is -2.46. The maximum atomic E-state index is 13.6. The van der Waals surface area contributed by atoms with Crippen LogP contribution in [0.3, 0.4) is 0 Å². The number of rotatable bonds is 16. The van der Waals surface area contributed by atoms with Gasteiger partial charge in [0.15, 0.2) is 39.2 Å². The summed E-state index contributed by atoms with van der Waals surface area (Å²) in [5, 5.41) is 43.6. The number of carboxylic acid groups (broad SMARTS) is 1. The van der Waals surface area contributed by atoms with Gasteiger partial charge >= 0.3 is 20.1 Å². The van der Waals surface area contributed by atoms with Gasteiger partial charge in [-0.05, 0) is 176 Å². The first-order valence-electron chi connectivity index (χ1n) is 43.3. The van der Waals surface area contributed by atoms with E-state index in [0.717, 1.165) is 46.7 Å². The van der Waals surface area contributed by atoms with E-state index in [0.29, 0.717) is 148 Å². The van der Waals surface area contributed by atoms with Crippen molar-refractivity contribution < 1.29 is 105 Å². The number of benzene rings is 1. The second kappa shape index (κ2) is 39.6. The minimum atomic E-state index is -0.879. The van der Waals surface area contributed by atoms with Crippen LogP contribution < -0.4 is 26.8 Å². The zero-order valence-corrected chi connectivity index (χ0v) is 78.3. The number of ether oxygens (including phenoxy) is 14. The Hall–Kier alpha value is -4.98. The van der Waals surface area contributed by atoms with Crippen molar-refractivity contribution in [2.75, 3.05) is 128 Å². The summed E-state index contributed by atoms with van der Waals surface area (Å²) < 4.78 is 83.6. The Morgan fingerprint density at radius 1 is 0.452 bits per heavy atom. The molecule has 12 heterocycles. The molecule has 4 amide bonds. The van der Waals surface area contributed by atoms with Gasteiger partial charge in [0.2, 0.25) is 23.6 Å². The van der Waals surface area contributed by atoms with Crippen molar-refractivity contribution in [1.29, 1.82) is 0 Å². The molecule has 18 rings (SSSR count). The molecule has 124 heavy (non-hydrogen) atoms. The standard InChI is InChI=1S/C26H31N5O4S2.C19H27IN4O4S.C14H25BN2O5.C13H22N2O4.C10H18BNO5/c1-14-19(23-29-16-7-5-6-8-18(16)37-23)22(30-25(27-14)36-4)28-17-13-15(20-21(17)35-26(2,3)34-20)24(32)31-9-11-33-12-10-31;1-10-13(20)16(23-18(21-10)29-4)22-12-9-11(14-15(12)28-19(2,3)27-14)17(25)24-5-7-26-8-6-24;1-14(2)21-11-9(13(18)17-4-6-20-7-5-17)8-10(12(11)22-14)16-15(3)19;1-13(2)18-10-8(7-9(14)11(10)19-13)12(16)15-3-5-17-6-4-15;1-10(2)16-7-5(9(13)14)4-6(8(7)17-10)12-11(3)15/h5-8,15,17,20-21H,9-13H2,1-4H3,(H,27,28,30);11-12,14-15H,5-9H2,1-4H3,(H,21,22,23);9-12,16,19H,4-8H2,1-3H3;8-11H,3-7,14H2,1-2H3;5-8,12,15H,4H2,1-3H3,(H,13,14)/t15-,17+,20+,21-;11-,12+,14+,15-;9-,10+,11+,12-;8-,9+,10+,11-;5-,6+,7+,8-/m00000/s1. The number of nitrogens with one attached hydrogen (secondary N) is 4. The molecule has 684 valence electrons. The van der Waals surface area contributed by atoms with Gasteiger partial charge in [-0.3, -0.25) is 24.0 Å². The lowest BCUT2D eigenvalue weighted by Gasteiger charge is -2.31. The van der Waals surface area contributed by atoms with Crippen molar-refractivity contribution in [2.24, 2.45) is 35.3 Å². The van der Waals surface area contributed by atoms with Gasteiger partial charge in [-0.25, -0.2) is 24.9 Å². The predicted octanol–water partition coefficient (Wildman–Crippen LogP) is 5.10. The number of aromatic nitrogens is 5. The number of morpholine rings is 4. The number of fused-ring (bicyclic) bond motifs is 6. The van der Waals surface area contributed by atoms with Crippen molar-refractivity contribution in [2.45, 2.75) is 259 Å². The van der Waals surface area contributed by atoms with E-state index in [1.54, 1.807) is 38.8 Å². The molecule has 0 spiro atoms. The van der Waals surface area contributed by atoms with Crippen molar-refractivity contribution in [1.82, 2.24) is 55.0 Å². The Balaban J connectivity index is 0.000000130. The van der Waals surface area contributed by atoms with Crippen LogP contribution >= 0.6 is 57.5 Å². The molecule has 9 aliphatic heterocycles. The van der Waals surface area contributed by atoms with Gasteiger partial charge in [0, 0.05) is 70.5 Å².